The maximum absolute atomic E-state index is 13.9. The van der Waals surface area contributed by atoms with E-state index in [1.165, 1.54) is 6.07 Å². The first-order chi connectivity index (χ1) is 12.2. The van der Waals surface area contributed by atoms with Gasteiger partial charge in [-0.15, -0.1) is 0 Å². The number of benzene rings is 2. The molecule has 0 aliphatic carbocycles. The lowest BCUT2D eigenvalue weighted by Gasteiger charge is -2.36. The monoisotopic (exact) mass is 335 g/mol. The molecule has 0 atom stereocenters. The van der Waals surface area contributed by atoms with Crippen molar-refractivity contribution in [2.75, 3.05) is 31.1 Å². The molecule has 2 aromatic rings. The van der Waals surface area contributed by atoms with Gasteiger partial charge in [-0.25, -0.2) is 4.39 Å². The van der Waals surface area contributed by atoms with Crippen molar-refractivity contribution in [3.63, 3.8) is 0 Å². The van der Waals surface area contributed by atoms with Crippen LogP contribution in [0.1, 0.15) is 5.56 Å². The van der Waals surface area contributed by atoms with Crippen molar-refractivity contribution in [3.8, 4) is 6.07 Å². The number of nitrogens with zero attached hydrogens (tertiary/aromatic N) is 3. The lowest BCUT2D eigenvalue weighted by Crippen LogP contribution is -2.49. The minimum absolute atomic E-state index is 0.116. The van der Waals surface area contributed by atoms with E-state index in [1.807, 2.05) is 41.3 Å². The molecule has 2 aromatic carbocycles. The Kier molecular flexibility index (Phi) is 5.10. The molecule has 0 saturated carbocycles. The van der Waals surface area contributed by atoms with E-state index in [0.29, 0.717) is 31.9 Å². The summed E-state index contributed by atoms with van der Waals surface area (Å²) in [4.78, 5) is 16.2. The molecule has 0 bridgehead atoms. The molecule has 0 N–H and O–H groups in total. The van der Waals surface area contributed by atoms with Crippen molar-refractivity contribution in [2.45, 2.75) is 0 Å². The molecule has 1 heterocycles. The molecule has 3 rings (SSSR count). The summed E-state index contributed by atoms with van der Waals surface area (Å²) < 4.78 is 13.9. The molecule has 0 radical (unpaired) electrons. The zero-order valence-electron chi connectivity index (χ0n) is 13.7. The highest BCUT2D eigenvalue weighted by molar-refractivity contribution is 6.01. The molecule has 0 spiro atoms. The lowest BCUT2D eigenvalue weighted by atomic mass is 10.1. The van der Waals surface area contributed by atoms with Crippen molar-refractivity contribution in [2.24, 2.45) is 0 Å². The summed E-state index contributed by atoms with van der Waals surface area (Å²) in [6, 6.07) is 17.9. The Morgan fingerprint density at radius 2 is 1.64 bits per heavy atom. The number of carbonyl (C=O) groups excluding carboxylic acids is 1. The van der Waals surface area contributed by atoms with E-state index < -0.39 is 0 Å². The molecular weight excluding hydrogens is 317 g/mol. The van der Waals surface area contributed by atoms with Crippen LogP contribution in [0.3, 0.4) is 0 Å². The number of anilines is 1. The SMILES string of the molecule is N#CC(=Cc1ccccc1)C(=O)N1CCN(c2ccccc2F)CC1. The van der Waals surface area contributed by atoms with E-state index in [4.69, 9.17) is 0 Å². The van der Waals surface area contributed by atoms with Gasteiger partial charge < -0.3 is 9.80 Å². The quantitative estimate of drug-likeness (QED) is 0.640. The Hall–Kier alpha value is -3.13. The van der Waals surface area contributed by atoms with E-state index in [1.54, 1.807) is 29.2 Å². The van der Waals surface area contributed by atoms with Crippen LogP contribution in [-0.4, -0.2) is 37.0 Å². The Morgan fingerprint density at radius 1 is 1.00 bits per heavy atom. The Balaban J connectivity index is 1.68. The van der Waals surface area contributed by atoms with Gasteiger partial charge in [0.25, 0.3) is 5.91 Å². The first kappa shape index (κ1) is 16.7. The number of hydrogen-bond acceptors (Lipinski definition) is 3. The molecule has 0 aromatic heterocycles. The van der Waals surface area contributed by atoms with Crippen LogP contribution < -0.4 is 4.90 Å². The molecule has 126 valence electrons. The van der Waals surface area contributed by atoms with Crippen molar-refractivity contribution in [1.82, 2.24) is 4.90 Å². The number of hydrogen-bond donors (Lipinski definition) is 0. The molecular formula is C20H18FN3O. The van der Waals surface area contributed by atoms with Crippen LogP contribution in [-0.2, 0) is 4.79 Å². The highest BCUT2D eigenvalue weighted by atomic mass is 19.1. The highest BCUT2D eigenvalue weighted by Crippen LogP contribution is 2.21. The van der Waals surface area contributed by atoms with Gasteiger partial charge >= 0.3 is 0 Å². The van der Waals surface area contributed by atoms with E-state index in [9.17, 15) is 14.4 Å². The van der Waals surface area contributed by atoms with Gasteiger partial charge in [0.05, 0.1) is 5.69 Å². The fourth-order valence-corrected chi connectivity index (χ4v) is 2.89. The highest BCUT2D eigenvalue weighted by Gasteiger charge is 2.24. The van der Waals surface area contributed by atoms with Crippen LogP contribution in [0.25, 0.3) is 6.08 Å². The summed E-state index contributed by atoms with van der Waals surface area (Å²) >= 11 is 0. The van der Waals surface area contributed by atoms with E-state index in [-0.39, 0.29) is 17.3 Å². The third-order valence-electron chi connectivity index (χ3n) is 4.22. The number of piperazine rings is 1. The number of nitriles is 1. The molecule has 1 fully saturated rings. The zero-order chi connectivity index (χ0) is 17.6. The van der Waals surface area contributed by atoms with Gasteiger partial charge in [0.15, 0.2) is 0 Å². The molecule has 1 aliphatic rings. The molecule has 0 unspecified atom stereocenters. The number of halogens is 1. The van der Waals surface area contributed by atoms with Crippen LogP contribution in [0.15, 0.2) is 60.2 Å². The predicted molar refractivity (Wildman–Crippen MR) is 95.2 cm³/mol. The van der Waals surface area contributed by atoms with Crippen LogP contribution in [0, 0.1) is 17.1 Å². The number of para-hydroxylation sites is 1. The molecule has 1 aliphatic heterocycles. The first-order valence-corrected chi connectivity index (χ1v) is 8.14. The van der Waals surface area contributed by atoms with Gasteiger partial charge in [-0.3, -0.25) is 4.79 Å². The third kappa shape index (κ3) is 3.86. The van der Waals surface area contributed by atoms with Gasteiger partial charge in [0.1, 0.15) is 17.5 Å². The zero-order valence-corrected chi connectivity index (χ0v) is 13.7. The van der Waals surface area contributed by atoms with Crippen molar-refractivity contribution in [3.05, 3.63) is 71.6 Å². The second kappa shape index (κ2) is 7.63. The molecule has 25 heavy (non-hydrogen) atoms. The summed E-state index contributed by atoms with van der Waals surface area (Å²) in [6.07, 6.45) is 1.60. The van der Waals surface area contributed by atoms with Crippen LogP contribution >= 0.6 is 0 Å². The molecule has 4 nitrogen and oxygen atoms in total. The molecule has 1 amide bonds. The van der Waals surface area contributed by atoms with Gasteiger partial charge in [-0.05, 0) is 23.8 Å². The number of rotatable bonds is 3. The van der Waals surface area contributed by atoms with Crippen molar-refractivity contribution < 1.29 is 9.18 Å². The summed E-state index contributed by atoms with van der Waals surface area (Å²) in [5.41, 5.74) is 1.48. The number of carbonyl (C=O) groups is 1. The third-order valence-corrected chi connectivity index (χ3v) is 4.22. The maximum Gasteiger partial charge on any atom is 0.264 e. The van der Waals surface area contributed by atoms with Crippen molar-refractivity contribution >= 4 is 17.7 Å². The van der Waals surface area contributed by atoms with Gasteiger partial charge in [0, 0.05) is 26.2 Å². The van der Waals surface area contributed by atoms with Crippen molar-refractivity contribution in [1.29, 1.82) is 5.26 Å². The second-order valence-corrected chi connectivity index (χ2v) is 5.81. The van der Waals surface area contributed by atoms with Gasteiger partial charge in [-0.1, -0.05) is 42.5 Å². The minimum Gasteiger partial charge on any atom is -0.366 e. The second-order valence-electron chi connectivity index (χ2n) is 5.81. The summed E-state index contributed by atoms with van der Waals surface area (Å²) in [5.74, 6) is -0.538. The lowest BCUT2D eigenvalue weighted by molar-refractivity contribution is -0.126. The fourth-order valence-electron chi connectivity index (χ4n) is 2.89. The van der Waals surface area contributed by atoms with Crippen LogP contribution in [0.4, 0.5) is 10.1 Å². The minimum atomic E-state index is -0.278. The van der Waals surface area contributed by atoms with E-state index in [0.717, 1.165) is 5.56 Å². The maximum atomic E-state index is 13.9. The van der Waals surface area contributed by atoms with Crippen LogP contribution in [0.5, 0.6) is 0 Å². The Morgan fingerprint density at radius 3 is 2.28 bits per heavy atom. The average Bonchev–Trinajstić information content (AvgIpc) is 2.67. The molecule has 1 saturated heterocycles. The summed E-state index contributed by atoms with van der Waals surface area (Å²) in [7, 11) is 0. The Bertz CT molecular complexity index is 818. The average molecular weight is 335 g/mol. The predicted octanol–water partition coefficient (Wildman–Crippen LogP) is 3.08. The fraction of sp³-hybridized carbons (Fsp3) is 0.200. The summed E-state index contributed by atoms with van der Waals surface area (Å²) in [5, 5.41) is 9.33. The number of amides is 1. The van der Waals surface area contributed by atoms with E-state index in [2.05, 4.69) is 0 Å². The molecule has 5 heteroatoms. The Labute approximate surface area is 146 Å². The smallest absolute Gasteiger partial charge is 0.264 e. The van der Waals surface area contributed by atoms with Gasteiger partial charge in [0.2, 0.25) is 0 Å². The standard InChI is InChI=1S/C20H18FN3O/c21-18-8-4-5-9-19(18)23-10-12-24(13-11-23)20(25)17(15-22)14-16-6-2-1-3-7-16/h1-9,14H,10-13H2. The topological polar surface area (TPSA) is 47.3 Å². The first-order valence-electron chi connectivity index (χ1n) is 8.14. The van der Waals surface area contributed by atoms with Gasteiger partial charge in [-0.2, -0.15) is 5.26 Å². The van der Waals surface area contributed by atoms with Crippen LogP contribution in [0.2, 0.25) is 0 Å². The summed E-state index contributed by atoms with van der Waals surface area (Å²) in [6.45, 7) is 2.00. The largest absolute Gasteiger partial charge is 0.366 e. The normalized spacial score (nSPS) is 15.0. The van der Waals surface area contributed by atoms with E-state index >= 15 is 0 Å².